The molecule has 0 unspecified atom stereocenters. The molecule has 84 valence electrons. The lowest BCUT2D eigenvalue weighted by molar-refractivity contribution is 0.609. The number of benzene rings is 1. The van der Waals surface area contributed by atoms with Crippen LogP contribution >= 0.6 is 10.7 Å². The van der Waals surface area contributed by atoms with E-state index in [9.17, 15) is 8.42 Å². The van der Waals surface area contributed by atoms with Crippen LogP contribution in [0.3, 0.4) is 0 Å². The Hall–Kier alpha value is -1.40. The monoisotopic (exact) mass is 257 g/mol. The standard InChI is InChI=1S/C9H8ClN3O2S/c10-16(14,15)5-6-1-2-7-8(3-6)12-4-9(11)13-7/h1-4H,5H2,(H2,11,13). The Morgan fingerprint density at radius 2 is 2.06 bits per heavy atom. The van der Waals surface area contributed by atoms with E-state index in [4.69, 9.17) is 16.4 Å². The maximum Gasteiger partial charge on any atom is 0.236 e. The summed E-state index contributed by atoms with van der Waals surface area (Å²) in [5.41, 5.74) is 7.25. The van der Waals surface area contributed by atoms with E-state index < -0.39 is 9.05 Å². The molecule has 2 rings (SSSR count). The first kappa shape index (κ1) is 11.1. The number of nitrogens with two attached hydrogens (primary N) is 1. The number of rotatable bonds is 2. The molecule has 0 aliphatic heterocycles. The number of halogens is 1. The van der Waals surface area contributed by atoms with Gasteiger partial charge in [0.05, 0.1) is 23.0 Å². The van der Waals surface area contributed by atoms with Crippen LogP contribution in [0.5, 0.6) is 0 Å². The maximum atomic E-state index is 10.9. The minimum absolute atomic E-state index is 0.226. The summed E-state index contributed by atoms with van der Waals surface area (Å²) in [5, 5.41) is 0. The fraction of sp³-hybridized carbons (Fsp3) is 0.111. The summed E-state index contributed by atoms with van der Waals surface area (Å²) < 4.78 is 21.8. The van der Waals surface area contributed by atoms with Crippen LogP contribution in [0, 0.1) is 0 Å². The van der Waals surface area contributed by atoms with Gasteiger partial charge in [-0.2, -0.15) is 0 Å². The first-order chi connectivity index (χ1) is 7.44. The molecule has 0 amide bonds. The van der Waals surface area contributed by atoms with Crippen LogP contribution in [0.1, 0.15) is 5.56 Å². The average molecular weight is 258 g/mol. The van der Waals surface area contributed by atoms with E-state index in [1.54, 1.807) is 18.2 Å². The summed E-state index contributed by atoms with van der Waals surface area (Å²) in [7, 11) is 1.61. The van der Waals surface area contributed by atoms with Crippen molar-refractivity contribution in [3.05, 3.63) is 30.0 Å². The Kier molecular flexibility index (Phi) is 2.69. The quantitative estimate of drug-likeness (QED) is 0.819. The predicted octanol–water partition coefficient (Wildman–Crippen LogP) is 1.28. The van der Waals surface area contributed by atoms with Gasteiger partial charge >= 0.3 is 0 Å². The highest BCUT2D eigenvalue weighted by atomic mass is 35.7. The van der Waals surface area contributed by atoms with Gasteiger partial charge in [-0.25, -0.2) is 13.4 Å². The number of aromatic nitrogens is 2. The van der Waals surface area contributed by atoms with Gasteiger partial charge in [0, 0.05) is 10.7 Å². The second-order valence-electron chi connectivity index (χ2n) is 3.30. The van der Waals surface area contributed by atoms with E-state index in [0.717, 1.165) is 0 Å². The molecule has 1 aromatic carbocycles. The fourth-order valence-electron chi connectivity index (χ4n) is 1.36. The maximum absolute atomic E-state index is 10.9. The van der Waals surface area contributed by atoms with Gasteiger partial charge < -0.3 is 5.73 Å². The Labute approximate surface area is 96.7 Å². The molecule has 0 fully saturated rings. The van der Waals surface area contributed by atoms with Crippen LogP contribution in [0.15, 0.2) is 24.4 Å². The van der Waals surface area contributed by atoms with Crippen LogP contribution in [0.25, 0.3) is 11.0 Å². The summed E-state index contributed by atoms with van der Waals surface area (Å²) in [6, 6.07) is 4.92. The topological polar surface area (TPSA) is 85.9 Å². The Morgan fingerprint density at radius 3 is 2.75 bits per heavy atom. The van der Waals surface area contributed by atoms with Crippen molar-refractivity contribution < 1.29 is 8.42 Å². The molecule has 0 radical (unpaired) electrons. The van der Waals surface area contributed by atoms with E-state index in [1.165, 1.54) is 6.20 Å². The van der Waals surface area contributed by atoms with E-state index in [0.29, 0.717) is 22.4 Å². The van der Waals surface area contributed by atoms with Crippen molar-refractivity contribution in [1.82, 2.24) is 9.97 Å². The van der Waals surface area contributed by atoms with Gasteiger partial charge in [0.1, 0.15) is 5.82 Å². The summed E-state index contributed by atoms with van der Waals surface area (Å²) in [6.07, 6.45) is 1.42. The third kappa shape index (κ3) is 2.59. The fourth-order valence-corrected chi connectivity index (χ4v) is 2.32. The summed E-state index contributed by atoms with van der Waals surface area (Å²) >= 11 is 0. The molecule has 2 aromatic rings. The number of nitrogen functional groups attached to an aromatic ring is 1. The van der Waals surface area contributed by atoms with Crippen LogP contribution in [-0.4, -0.2) is 18.4 Å². The lowest BCUT2D eigenvalue weighted by Crippen LogP contribution is -1.97. The summed E-state index contributed by atoms with van der Waals surface area (Å²) in [5.74, 6) is 0.0986. The van der Waals surface area contributed by atoms with Gasteiger partial charge in [-0.15, -0.1) is 0 Å². The first-order valence-electron chi connectivity index (χ1n) is 4.37. The highest BCUT2D eigenvalue weighted by Gasteiger charge is 2.08. The van der Waals surface area contributed by atoms with Crippen molar-refractivity contribution in [1.29, 1.82) is 0 Å². The molecular formula is C9H8ClN3O2S. The molecule has 1 heterocycles. The zero-order valence-corrected chi connectivity index (χ0v) is 9.66. The Morgan fingerprint density at radius 1 is 1.31 bits per heavy atom. The zero-order valence-electron chi connectivity index (χ0n) is 8.09. The van der Waals surface area contributed by atoms with Crippen molar-refractivity contribution >= 4 is 36.6 Å². The molecule has 0 bridgehead atoms. The second kappa shape index (κ2) is 3.88. The first-order valence-corrected chi connectivity index (χ1v) is 6.85. The number of hydrogen-bond donors (Lipinski definition) is 1. The van der Waals surface area contributed by atoms with Crippen LogP contribution in [0.4, 0.5) is 5.82 Å². The van der Waals surface area contributed by atoms with E-state index in [1.807, 2.05) is 0 Å². The summed E-state index contributed by atoms with van der Waals surface area (Å²) in [4.78, 5) is 8.09. The molecule has 16 heavy (non-hydrogen) atoms. The smallest absolute Gasteiger partial charge is 0.236 e. The minimum atomic E-state index is -3.55. The molecule has 0 saturated heterocycles. The predicted molar refractivity (Wildman–Crippen MR) is 62.4 cm³/mol. The number of fused-ring (bicyclic) bond motifs is 1. The van der Waals surface area contributed by atoms with E-state index in [2.05, 4.69) is 9.97 Å². The van der Waals surface area contributed by atoms with Gasteiger partial charge in [-0.3, -0.25) is 4.98 Å². The van der Waals surface area contributed by atoms with Crippen molar-refractivity contribution in [3.8, 4) is 0 Å². The molecule has 7 heteroatoms. The SMILES string of the molecule is Nc1cnc2cc(CS(=O)(=O)Cl)ccc2n1. The van der Waals surface area contributed by atoms with Gasteiger partial charge in [-0.05, 0) is 17.7 Å². The molecular weight excluding hydrogens is 250 g/mol. The molecule has 5 nitrogen and oxygen atoms in total. The highest BCUT2D eigenvalue weighted by Crippen LogP contribution is 2.16. The third-order valence-electron chi connectivity index (χ3n) is 1.96. The van der Waals surface area contributed by atoms with E-state index >= 15 is 0 Å². The normalized spacial score (nSPS) is 11.8. The molecule has 0 atom stereocenters. The summed E-state index contributed by atoms with van der Waals surface area (Å²) in [6.45, 7) is 0. The van der Waals surface area contributed by atoms with Gasteiger partial charge in [0.2, 0.25) is 9.05 Å². The molecule has 0 spiro atoms. The number of nitrogens with zero attached hydrogens (tertiary/aromatic N) is 2. The third-order valence-corrected chi connectivity index (χ3v) is 2.97. The Balaban J connectivity index is 2.49. The average Bonchev–Trinajstić information content (AvgIpc) is 2.16. The van der Waals surface area contributed by atoms with Crippen molar-refractivity contribution in [2.75, 3.05) is 5.73 Å². The molecule has 0 saturated carbocycles. The zero-order chi connectivity index (χ0) is 11.8. The second-order valence-corrected chi connectivity index (χ2v) is 6.08. The number of anilines is 1. The lowest BCUT2D eigenvalue weighted by atomic mass is 10.2. The van der Waals surface area contributed by atoms with Crippen molar-refractivity contribution in [2.45, 2.75) is 5.75 Å². The van der Waals surface area contributed by atoms with Crippen LogP contribution in [-0.2, 0) is 14.8 Å². The van der Waals surface area contributed by atoms with Crippen LogP contribution < -0.4 is 5.73 Å². The highest BCUT2D eigenvalue weighted by molar-refractivity contribution is 8.13. The van der Waals surface area contributed by atoms with Crippen molar-refractivity contribution in [3.63, 3.8) is 0 Å². The lowest BCUT2D eigenvalue weighted by Gasteiger charge is -2.01. The molecule has 2 N–H and O–H groups in total. The molecule has 1 aromatic heterocycles. The van der Waals surface area contributed by atoms with Gasteiger partial charge in [-0.1, -0.05) is 6.07 Å². The Bertz CT molecular complexity index is 642. The van der Waals surface area contributed by atoms with Gasteiger partial charge in [0.15, 0.2) is 0 Å². The largest absolute Gasteiger partial charge is 0.382 e. The molecule has 0 aliphatic rings. The van der Waals surface area contributed by atoms with Gasteiger partial charge in [0.25, 0.3) is 0 Å². The van der Waals surface area contributed by atoms with E-state index in [-0.39, 0.29) is 5.75 Å². The minimum Gasteiger partial charge on any atom is -0.382 e. The molecule has 0 aliphatic carbocycles. The van der Waals surface area contributed by atoms with Crippen molar-refractivity contribution in [2.24, 2.45) is 0 Å². The van der Waals surface area contributed by atoms with Crippen LogP contribution in [0.2, 0.25) is 0 Å². The number of hydrogen-bond acceptors (Lipinski definition) is 5.